The number of benzene rings is 1. The van der Waals surface area contributed by atoms with E-state index >= 15 is 0 Å². The highest BCUT2D eigenvalue weighted by atomic mass is 127. The second-order valence-electron chi connectivity index (χ2n) is 5.32. The lowest BCUT2D eigenvalue weighted by Crippen LogP contribution is -2.58. The first-order chi connectivity index (χ1) is 8.45. The molecule has 0 heterocycles. The molecule has 1 aromatic carbocycles. The van der Waals surface area contributed by atoms with Crippen molar-refractivity contribution in [2.45, 2.75) is 39.3 Å². The summed E-state index contributed by atoms with van der Waals surface area (Å²) in [7, 11) is 0. The Morgan fingerprint density at radius 1 is 1.50 bits per heavy atom. The maximum atomic E-state index is 5.97. The van der Waals surface area contributed by atoms with Crippen LogP contribution < -0.4 is 5.32 Å². The van der Waals surface area contributed by atoms with Crippen LogP contribution in [0.5, 0.6) is 0 Å². The number of hydrogen-bond donors (Lipinski definition) is 1. The third-order valence-corrected chi connectivity index (χ3v) is 4.93. The third-order valence-electron chi connectivity index (χ3n) is 3.81. The van der Waals surface area contributed by atoms with E-state index in [2.05, 4.69) is 48.7 Å². The average Bonchev–Trinajstić information content (AvgIpc) is 2.30. The molecule has 1 fully saturated rings. The molecule has 0 spiro atoms. The number of halogens is 2. The van der Waals surface area contributed by atoms with E-state index in [1.807, 2.05) is 18.2 Å². The van der Waals surface area contributed by atoms with Crippen molar-refractivity contribution in [2.75, 3.05) is 11.9 Å². The molecule has 18 heavy (non-hydrogen) atoms. The summed E-state index contributed by atoms with van der Waals surface area (Å²) >= 11 is 8.28. The van der Waals surface area contributed by atoms with Crippen LogP contribution in [0, 0.1) is 8.99 Å². The molecular formula is C14H19ClINO. The Balaban J connectivity index is 2.03. The molecule has 2 rings (SSSR count). The summed E-state index contributed by atoms with van der Waals surface area (Å²) in [6.07, 6.45) is 1.43. The standard InChI is InChI=1S/C14H19ClINO/c1-4-18-13-8-12(14(13,2)3)17-11-6-5-9(15)7-10(11)16/h5-7,12-13,17H,4,8H2,1-3H3. The number of anilines is 1. The fourth-order valence-electron chi connectivity index (χ4n) is 2.41. The van der Waals surface area contributed by atoms with Crippen LogP contribution in [0.15, 0.2) is 18.2 Å². The van der Waals surface area contributed by atoms with Crippen LogP contribution in [-0.2, 0) is 4.74 Å². The summed E-state index contributed by atoms with van der Waals surface area (Å²) in [4.78, 5) is 0. The third kappa shape index (κ3) is 2.78. The summed E-state index contributed by atoms with van der Waals surface area (Å²) in [5.41, 5.74) is 1.34. The highest BCUT2D eigenvalue weighted by molar-refractivity contribution is 14.1. The molecule has 1 aliphatic carbocycles. The van der Waals surface area contributed by atoms with Gasteiger partial charge in [0.1, 0.15) is 0 Å². The molecule has 0 radical (unpaired) electrons. The van der Waals surface area contributed by atoms with Gasteiger partial charge in [-0.3, -0.25) is 0 Å². The monoisotopic (exact) mass is 379 g/mol. The van der Waals surface area contributed by atoms with Gasteiger partial charge in [0.15, 0.2) is 0 Å². The van der Waals surface area contributed by atoms with E-state index in [9.17, 15) is 0 Å². The van der Waals surface area contributed by atoms with Gasteiger partial charge in [0.05, 0.1) is 6.10 Å². The number of nitrogens with one attached hydrogen (secondary N) is 1. The first-order valence-electron chi connectivity index (χ1n) is 6.28. The van der Waals surface area contributed by atoms with Crippen molar-refractivity contribution in [1.29, 1.82) is 0 Å². The first kappa shape index (κ1) is 14.4. The normalized spacial score (nSPS) is 25.6. The second kappa shape index (κ2) is 5.55. The largest absolute Gasteiger partial charge is 0.381 e. The van der Waals surface area contributed by atoms with Gasteiger partial charge < -0.3 is 10.1 Å². The van der Waals surface area contributed by atoms with E-state index in [1.165, 1.54) is 0 Å². The van der Waals surface area contributed by atoms with Gasteiger partial charge in [-0.15, -0.1) is 0 Å². The summed E-state index contributed by atoms with van der Waals surface area (Å²) < 4.78 is 6.91. The lowest BCUT2D eigenvalue weighted by Gasteiger charge is -2.52. The molecule has 2 unspecified atom stereocenters. The average molecular weight is 380 g/mol. The van der Waals surface area contributed by atoms with E-state index in [0.717, 1.165) is 27.3 Å². The molecule has 2 atom stereocenters. The molecule has 0 bridgehead atoms. The van der Waals surface area contributed by atoms with Gasteiger partial charge >= 0.3 is 0 Å². The molecule has 0 aromatic heterocycles. The molecule has 1 aliphatic rings. The van der Waals surface area contributed by atoms with E-state index < -0.39 is 0 Å². The van der Waals surface area contributed by atoms with Crippen LogP contribution in [0.1, 0.15) is 27.2 Å². The molecule has 1 aromatic rings. The SMILES string of the molecule is CCOC1CC(Nc2ccc(Cl)cc2I)C1(C)C. The van der Waals surface area contributed by atoms with Gasteiger partial charge in [-0.25, -0.2) is 0 Å². The fourth-order valence-corrected chi connectivity index (χ4v) is 3.44. The maximum absolute atomic E-state index is 5.97. The predicted octanol–water partition coefficient (Wildman–Crippen LogP) is 4.56. The van der Waals surface area contributed by atoms with Gasteiger partial charge in [0.25, 0.3) is 0 Å². The van der Waals surface area contributed by atoms with Crippen LogP contribution >= 0.6 is 34.2 Å². The Labute approximate surface area is 128 Å². The van der Waals surface area contributed by atoms with Crippen molar-refractivity contribution in [1.82, 2.24) is 0 Å². The van der Waals surface area contributed by atoms with Gasteiger partial charge in [-0.2, -0.15) is 0 Å². The zero-order valence-electron chi connectivity index (χ0n) is 11.0. The molecule has 2 nitrogen and oxygen atoms in total. The summed E-state index contributed by atoms with van der Waals surface area (Å²) in [5, 5.41) is 4.39. The van der Waals surface area contributed by atoms with Crippen LogP contribution in [-0.4, -0.2) is 18.8 Å². The van der Waals surface area contributed by atoms with Gasteiger partial charge in [-0.05, 0) is 54.1 Å². The van der Waals surface area contributed by atoms with E-state index in [0.29, 0.717) is 12.1 Å². The van der Waals surface area contributed by atoms with E-state index in [-0.39, 0.29) is 5.41 Å². The lowest BCUT2D eigenvalue weighted by atomic mass is 9.64. The number of ether oxygens (including phenoxy) is 1. The van der Waals surface area contributed by atoms with Crippen LogP contribution in [0.25, 0.3) is 0 Å². The Kier molecular flexibility index (Phi) is 4.44. The zero-order chi connectivity index (χ0) is 13.3. The maximum Gasteiger partial charge on any atom is 0.0665 e. The van der Waals surface area contributed by atoms with Crippen LogP contribution in [0.2, 0.25) is 5.02 Å². The predicted molar refractivity (Wildman–Crippen MR) is 85.4 cm³/mol. The van der Waals surface area contributed by atoms with Crippen molar-refractivity contribution in [3.05, 3.63) is 26.8 Å². The Hall–Kier alpha value is -0.000000000000000111. The quantitative estimate of drug-likeness (QED) is 0.774. The summed E-state index contributed by atoms with van der Waals surface area (Å²) in [6.45, 7) is 7.37. The molecule has 1 saturated carbocycles. The van der Waals surface area contributed by atoms with E-state index in [4.69, 9.17) is 16.3 Å². The van der Waals surface area contributed by atoms with Crippen molar-refractivity contribution >= 4 is 39.9 Å². The topological polar surface area (TPSA) is 21.3 Å². The minimum atomic E-state index is 0.179. The smallest absolute Gasteiger partial charge is 0.0665 e. The van der Waals surface area contributed by atoms with Gasteiger partial charge in [0, 0.05) is 32.3 Å². The highest BCUT2D eigenvalue weighted by Crippen LogP contribution is 2.44. The fraction of sp³-hybridized carbons (Fsp3) is 0.571. The number of hydrogen-bond acceptors (Lipinski definition) is 2. The van der Waals surface area contributed by atoms with Crippen molar-refractivity contribution < 1.29 is 4.74 Å². The lowest BCUT2D eigenvalue weighted by molar-refractivity contribution is -0.0976. The minimum Gasteiger partial charge on any atom is -0.381 e. The minimum absolute atomic E-state index is 0.179. The van der Waals surface area contributed by atoms with Crippen molar-refractivity contribution in [3.63, 3.8) is 0 Å². The molecule has 100 valence electrons. The molecule has 0 saturated heterocycles. The summed E-state index contributed by atoms with van der Waals surface area (Å²) in [6, 6.07) is 6.42. The molecular weight excluding hydrogens is 361 g/mol. The van der Waals surface area contributed by atoms with Crippen molar-refractivity contribution in [3.8, 4) is 0 Å². The molecule has 0 aliphatic heterocycles. The second-order valence-corrected chi connectivity index (χ2v) is 6.92. The summed E-state index contributed by atoms with van der Waals surface area (Å²) in [5.74, 6) is 0. The van der Waals surface area contributed by atoms with Gasteiger partial charge in [0.2, 0.25) is 0 Å². The zero-order valence-corrected chi connectivity index (χ0v) is 13.9. The molecule has 1 N–H and O–H groups in total. The molecule has 4 heteroatoms. The highest BCUT2D eigenvalue weighted by Gasteiger charge is 2.48. The Morgan fingerprint density at radius 3 is 2.78 bits per heavy atom. The van der Waals surface area contributed by atoms with Crippen LogP contribution in [0.4, 0.5) is 5.69 Å². The van der Waals surface area contributed by atoms with Crippen molar-refractivity contribution in [2.24, 2.45) is 5.41 Å². The Morgan fingerprint density at radius 2 is 2.22 bits per heavy atom. The Bertz CT molecular complexity index is 436. The number of rotatable bonds is 4. The van der Waals surface area contributed by atoms with E-state index in [1.54, 1.807) is 0 Å². The first-order valence-corrected chi connectivity index (χ1v) is 7.74. The van der Waals surface area contributed by atoms with Crippen LogP contribution in [0.3, 0.4) is 0 Å². The van der Waals surface area contributed by atoms with Gasteiger partial charge in [-0.1, -0.05) is 25.4 Å². The molecule has 0 amide bonds.